The van der Waals surface area contributed by atoms with Gasteiger partial charge in [-0.1, -0.05) is 0 Å². The lowest BCUT2D eigenvalue weighted by atomic mass is 9.93. The molecule has 0 atom stereocenters. The summed E-state index contributed by atoms with van der Waals surface area (Å²) < 4.78 is 41.9. The summed E-state index contributed by atoms with van der Waals surface area (Å²) >= 11 is 0. The average Bonchev–Trinajstić information content (AvgIpc) is 2.46. The van der Waals surface area contributed by atoms with E-state index in [-0.39, 0.29) is 24.0 Å². The van der Waals surface area contributed by atoms with E-state index in [1.807, 2.05) is 0 Å². The van der Waals surface area contributed by atoms with Crippen LogP contribution in [0.3, 0.4) is 0 Å². The molecule has 2 N–H and O–H groups in total. The van der Waals surface area contributed by atoms with Gasteiger partial charge in [-0.05, 0) is 38.3 Å². The second-order valence-electron chi connectivity index (χ2n) is 5.54. The van der Waals surface area contributed by atoms with Gasteiger partial charge in [0.1, 0.15) is 0 Å². The molecule has 1 fully saturated rings. The van der Waals surface area contributed by atoms with E-state index in [9.17, 15) is 13.2 Å². The van der Waals surface area contributed by atoms with Crippen LogP contribution in [-0.4, -0.2) is 70.5 Å². The number of halogens is 4. The van der Waals surface area contributed by atoms with E-state index in [4.69, 9.17) is 4.74 Å². The minimum Gasteiger partial charge on any atom is -0.383 e. The molecule has 1 aliphatic heterocycles. The monoisotopic (exact) mass is 452 g/mol. The van der Waals surface area contributed by atoms with E-state index in [0.717, 1.165) is 31.8 Å². The zero-order chi connectivity index (χ0) is 16.4. The molecule has 0 aromatic carbocycles. The molecule has 0 amide bonds. The number of nitrogens with one attached hydrogen (secondary N) is 2. The van der Waals surface area contributed by atoms with Gasteiger partial charge in [0.15, 0.2) is 5.96 Å². The second-order valence-corrected chi connectivity index (χ2v) is 5.54. The molecule has 0 unspecified atom stereocenters. The van der Waals surface area contributed by atoms with Gasteiger partial charge >= 0.3 is 6.18 Å². The number of rotatable bonds is 7. The Morgan fingerprint density at radius 1 is 1.22 bits per heavy atom. The van der Waals surface area contributed by atoms with Gasteiger partial charge in [0.2, 0.25) is 0 Å². The molecule has 23 heavy (non-hydrogen) atoms. The van der Waals surface area contributed by atoms with Crippen molar-refractivity contribution < 1.29 is 17.9 Å². The molecule has 1 heterocycles. The predicted molar refractivity (Wildman–Crippen MR) is 96.5 cm³/mol. The SMILES string of the molecule is CN=C(NCCOC)NCCC1CCN(CC(F)(F)F)CC1.I. The number of alkyl halides is 3. The molecule has 1 aliphatic rings. The lowest BCUT2D eigenvalue weighted by Gasteiger charge is -2.32. The molecule has 0 aromatic heterocycles. The van der Waals surface area contributed by atoms with E-state index >= 15 is 0 Å². The van der Waals surface area contributed by atoms with E-state index < -0.39 is 12.7 Å². The summed E-state index contributed by atoms with van der Waals surface area (Å²) in [6, 6.07) is 0. The molecular formula is C14H28F3IN4O. The van der Waals surface area contributed by atoms with Crippen LogP contribution in [0.5, 0.6) is 0 Å². The molecule has 1 rings (SSSR count). The van der Waals surface area contributed by atoms with Gasteiger partial charge in [-0.15, -0.1) is 24.0 Å². The van der Waals surface area contributed by atoms with Crippen molar-refractivity contribution in [3.8, 4) is 0 Å². The van der Waals surface area contributed by atoms with Gasteiger partial charge in [0.25, 0.3) is 0 Å². The van der Waals surface area contributed by atoms with Crippen molar-refractivity contribution in [2.75, 3.05) is 53.5 Å². The summed E-state index contributed by atoms with van der Waals surface area (Å²) in [5.41, 5.74) is 0. The van der Waals surface area contributed by atoms with Crippen molar-refractivity contribution in [2.45, 2.75) is 25.4 Å². The summed E-state index contributed by atoms with van der Waals surface area (Å²) in [5.74, 6) is 1.21. The molecule has 0 aromatic rings. The van der Waals surface area contributed by atoms with Crippen LogP contribution in [-0.2, 0) is 4.74 Å². The molecule has 9 heteroatoms. The van der Waals surface area contributed by atoms with E-state index in [1.165, 1.54) is 4.90 Å². The fourth-order valence-corrected chi connectivity index (χ4v) is 2.57. The first-order valence-electron chi connectivity index (χ1n) is 7.67. The maximum absolute atomic E-state index is 12.3. The van der Waals surface area contributed by atoms with E-state index in [1.54, 1.807) is 14.2 Å². The van der Waals surface area contributed by atoms with Crippen LogP contribution in [0.2, 0.25) is 0 Å². The van der Waals surface area contributed by atoms with Crippen LogP contribution in [0.1, 0.15) is 19.3 Å². The summed E-state index contributed by atoms with van der Waals surface area (Å²) in [7, 11) is 3.35. The van der Waals surface area contributed by atoms with Gasteiger partial charge in [-0.25, -0.2) is 0 Å². The lowest BCUT2D eigenvalue weighted by Crippen LogP contribution is -2.42. The highest BCUT2D eigenvalue weighted by molar-refractivity contribution is 14.0. The first kappa shape index (κ1) is 22.7. The van der Waals surface area contributed by atoms with Crippen molar-refractivity contribution >= 4 is 29.9 Å². The highest BCUT2D eigenvalue weighted by atomic mass is 127. The van der Waals surface area contributed by atoms with Crippen molar-refractivity contribution in [1.82, 2.24) is 15.5 Å². The van der Waals surface area contributed by atoms with Gasteiger partial charge in [-0.3, -0.25) is 9.89 Å². The largest absolute Gasteiger partial charge is 0.401 e. The van der Waals surface area contributed by atoms with Crippen molar-refractivity contribution in [1.29, 1.82) is 0 Å². The van der Waals surface area contributed by atoms with Crippen LogP contribution in [0.15, 0.2) is 4.99 Å². The standard InChI is InChI=1S/C14H27F3N4O.HI/c1-18-13(20-7-10-22-2)19-6-3-12-4-8-21(9-5-12)11-14(15,16)17;/h12H,3-11H2,1-2H3,(H2,18,19,20);1H. The van der Waals surface area contributed by atoms with Gasteiger partial charge in [-0.2, -0.15) is 13.2 Å². The van der Waals surface area contributed by atoms with Crippen LogP contribution >= 0.6 is 24.0 Å². The predicted octanol–water partition coefficient (Wildman–Crippen LogP) is 2.08. The number of hydrogen-bond donors (Lipinski definition) is 2. The third-order valence-corrected chi connectivity index (χ3v) is 3.78. The van der Waals surface area contributed by atoms with Crippen LogP contribution in [0.25, 0.3) is 0 Å². The highest BCUT2D eigenvalue weighted by Crippen LogP contribution is 2.23. The van der Waals surface area contributed by atoms with Gasteiger partial charge < -0.3 is 15.4 Å². The number of aliphatic imine (C=N–C) groups is 1. The van der Waals surface area contributed by atoms with Gasteiger partial charge in [0, 0.05) is 27.2 Å². The number of piperidine rings is 1. The number of likely N-dealkylation sites (tertiary alicyclic amines) is 1. The van der Waals surface area contributed by atoms with Crippen LogP contribution in [0, 0.1) is 5.92 Å². The maximum atomic E-state index is 12.3. The number of hydrogen-bond acceptors (Lipinski definition) is 3. The molecule has 0 saturated carbocycles. The van der Waals surface area contributed by atoms with Crippen molar-refractivity contribution in [3.63, 3.8) is 0 Å². The second kappa shape index (κ2) is 12.1. The Morgan fingerprint density at radius 3 is 2.35 bits per heavy atom. The third kappa shape index (κ3) is 11.0. The minimum atomic E-state index is -4.09. The van der Waals surface area contributed by atoms with Crippen molar-refractivity contribution in [3.05, 3.63) is 0 Å². The topological polar surface area (TPSA) is 48.9 Å². The Morgan fingerprint density at radius 2 is 1.83 bits per heavy atom. The fraction of sp³-hybridized carbons (Fsp3) is 0.929. The molecule has 0 spiro atoms. The third-order valence-electron chi connectivity index (χ3n) is 3.78. The van der Waals surface area contributed by atoms with Gasteiger partial charge in [0.05, 0.1) is 13.2 Å². The number of nitrogens with zero attached hydrogens (tertiary/aromatic N) is 2. The summed E-state index contributed by atoms with van der Waals surface area (Å²) in [6.45, 7) is 2.35. The average molecular weight is 452 g/mol. The number of methoxy groups -OCH3 is 1. The Balaban J connectivity index is 0.00000484. The van der Waals surface area contributed by atoms with E-state index in [2.05, 4.69) is 15.6 Å². The Hall–Kier alpha value is -0.290. The molecule has 1 saturated heterocycles. The molecule has 0 aliphatic carbocycles. The molecule has 5 nitrogen and oxygen atoms in total. The molecule has 0 radical (unpaired) electrons. The smallest absolute Gasteiger partial charge is 0.383 e. The summed E-state index contributed by atoms with van der Waals surface area (Å²) in [4.78, 5) is 5.60. The first-order valence-corrected chi connectivity index (χ1v) is 7.67. The normalized spacial score (nSPS) is 17.7. The van der Waals surface area contributed by atoms with Crippen LogP contribution < -0.4 is 10.6 Å². The van der Waals surface area contributed by atoms with Crippen LogP contribution in [0.4, 0.5) is 13.2 Å². The fourth-order valence-electron chi connectivity index (χ4n) is 2.57. The Labute approximate surface area is 153 Å². The zero-order valence-electron chi connectivity index (χ0n) is 13.8. The molecule has 138 valence electrons. The zero-order valence-corrected chi connectivity index (χ0v) is 16.1. The Bertz CT molecular complexity index is 334. The summed E-state index contributed by atoms with van der Waals surface area (Å²) in [6.07, 6.45) is -1.49. The maximum Gasteiger partial charge on any atom is 0.401 e. The summed E-state index contributed by atoms with van der Waals surface area (Å²) in [5, 5.41) is 6.34. The first-order chi connectivity index (χ1) is 10.4. The quantitative estimate of drug-likeness (QED) is 0.269. The van der Waals surface area contributed by atoms with E-state index in [0.29, 0.717) is 32.2 Å². The lowest BCUT2D eigenvalue weighted by molar-refractivity contribution is -0.148. The number of guanidine groups is 1. The Kier molecular flexibility index (Phi) is 12.0. The highest BCUT2D eigenvalue weighted by Gasteiger charge is 2.32. The molecular weight excluding hydrogens is 424 g/mol. The van der Waals surface area contributed by atoms with Crippen molar-refractivity contribution in [2.24, 2.45) is 10.9 Å². The molecule has 0 bridgehead atoms. The number of ether oxygens (including phenoxy) is 1. The minimum absolute atomic E-state index is 0.